The molecule has 2 N–H and O–H groups in total. The number of methoxy groups -OCH3 is 1. The number of nitrogens with one attached hydrogen (secondary N) is 1. The molecule has 2 rings (SSSR count). The standard InChI is InChI=1S/C14H12ClIN2O2/c1-20-13-7-9(6-12(16)14(13)19)8-17-18-11-4-2-10(15)3-5-11/h2-8,18-19H,1H3/b17-8+. The number of phenolic OH excluding ortho intramolecular Hbond substituents is 1. The number of aromatic hydroxyl groups is 1. The zero-order valence-electron chi connectivity index (χ0n) is 10.6. The van der Waals surface area contributed by atoms with E-state index < -0.39 is 0 Å². The molecule has 0 aliphatic rings. The highest BCUT2D eigenvalue weighted by atomic mass is 127. The molecule has 0 saturated heterocycles. The highest BCUT2D eigenvalue weighted by Crippen LogP contribution is 2.31. The molecule has 0 spiro atoms. The normalized spacial score (nSPS) is 10.8. The lowest BCUT2D eigenvalue weighted by Crippen LogP contribution is -1.93. The summed E-state index contributed by atoms with van der Waals surface area (Å²) in [5.74, 6) is 0.556. The lowest BCUT2D eigenvalue weighted by atomic mass is 10.2. The van der Waals surface area contributed by atoms with Gasteiger partial charge in [0.25, 0.3) is 0 Å². The van der Waals surface area contributed by atoms with E-state index in [1.165, 1.54) is 7.11 Å². The molecule has 0 unspecified atom stereocenters. The summed E-state index contributed by atoms with van der Waals surface area (Å²) in [6.07, 6.45) is 1.65. The number of rotatable bonds is 4. The first kappa shape index (κ1) is 14.9. The van der Waals surface area contributed by atoms with Gasteiger partial charge in [0.1, 0.15) is 0 Å². The fourth-order valence-corrected chi connectivity index (χ4v) is 2.28. The largest absolute Gasteiger partial charge is 0.504 e. The van der Waals surface area contributed by atoms with E-state index in [1.807, 2.05) is 40.8 Å². The van der Waals surface area contributed by atoms with Gasteiger partial charge >= 0.3 is 0 Å². The molecule has 0 heterocycles. The van der Waals surface area contributed by atoms with Crippen molar-refractivity contribution >= 4 is 46.1 Å². The third-order valence-electron chi connectivity index (χ3n) is 2.52. The van der Waals surface area contributed by atoms with Crippen LogP contribution in [-0.4, -0.2) is 18.4 Å². The Balaban J connectivity index is 2.11. The van der Waals surface area contributed by atoms with Crippen molar-refractivity contribution in [3.8, 4) is 11.5 Å². The van der Waals surface area contributed by atoms with E-state index in [-0.39, 0.29) is 5.75 Å². The van der Waals surface area contributed by atoms with Gasteiger partial charge in [0, 0.05) is 5.02 Å². The first-order valence-electron chi connectivity index (χ1n) is 5.71. The maximum absolute atomic E-state index is 9.75. The zero-order chi connectivity index (χ0) is 14.5. The van der Waals surface area contributed by atoms with Gasteiger partial charge in [0.05, 0.1) is 22.6 Å². The van der Waals surface area contributed by atoms with Crippen LogP contribution < -0.4 is 10.2 Å². The number of phenols is 1. The Labute approximate surface area is 135 Å². The minimum absolute atomic E-state index is 0.135. The molecule has 0 bridgehead atoms. The summed E-state index contributed by atoms with van der Waals surface area (Å²) in [6, 6.07) is 10.8. The van der Waals surface area contributed by atoms with Crippen LogP contribution in [0.1, 0.15) is 5.56 Å². The van der Waals surface area contributed by atoms with E-state index in [4.69, 9.17) is 16.3 Å². The van der Waals surface area contributed by atoms with Crippen LogP contribution in [-0.2, 0) is 0 Å². The summed E-state index contributed by atoms with van der Waals surface area (Å²) in [7, 11) is 1.51. The number of nitrogens with zero attached hydrogens (tertiary/aromatic N) is 1. The van der Waals surface area contributed by atoms with Gasteiger partial charge in [-0.05, 0) is 64.6 Å². The average Bonchev–Trinajstić information content (AvgIpc) is 2.44. The molecule has 0 fully saturated rings. The monoisotopic (exact) mass is 402 g/mol. The van der Waals surface area contributed by atoms with Crippen molar-refractivity contribution in [2.24, 2.45) is 5.10 Å². The van der Waals surface area contributed by atoms with Gasteiger partial charge in [-0.3, -0.25) is 5.43 Å². The lowest BCUT2D eigenvalue weighted by molar-refractivity contribution is 0.371. The number of hydrazone groups is 1. The van der Waals surface area contributed by atoms with E-state index in [1.54, 1.807) is 24.4 Å². The Kier molecular flexibility index (Phi) is 5.08. The Hall–Kier alpha value is -1.47. The van der Waals surface area contributed by atoms with Gasteiger partial charge in [-0.25, -0.2) is 0 Å². The van der Waals surface area contributed by atoms with Gasteiger partial charge in [0.15, 0.2) is 11.5 Å². The molecule has 2 aromatic rings. The molecule has 0 aliphatic heterocycles. The van der Waals surface area contributed by atoms with Crippen LogP contribution >= 0.6 is 34.2 Å². The van der Waals surface area contributed by atoms with Crippen molar-refractivity contribution < 1.29 is 9.84 Å². The van der Waals surface area contributed by atoms with E-state index in [2.05, 4.69) is 10.5 Å². The van der Waals surface area contributed by atoms with Crippen LogP contribution in [0, 0.1) is 3.57 Å². The van der Waals surface area contributed by atoms with Gasteiger partial charge in [0.2, 0.25) is 0 Å². The van der Waals surface area contributed by atoms with Crippen LogP contribution in [0.5, 0.6) is 11.5 Å². The third kappa shape index (κ3) is 3.77. The summed E-state index contributed by atoms with van der Waals surface area (Å²) in [5, 5.41) is 14.6. The average molecular weight is 403 g/mol. The predicted octanol–water partition coefficient (Wildman–Crippen LogP) is 4.10. The number of benzene rings is 2. The summed E-state index contributed by atoms with van der Waals surface area (Å²) < 4.78 is 5.80. The van der Waals surface area contributed by atoms with Gasteiger partial charge in [-0.1, -0.05) is 11.6 Å². The van der Waals surface area contributed by atoms with E-state index in [9.17, 15) is 5.11 Å². The smallest absolute Gasteiger partial charge is 0.171 e. The molecule has 0 aromatic heterocycles. The molecule has 2 aromatic carbocycles. The van der Waals surface area contributed by atoms with Crippen LogP contribution in [0.4, 0.5) is 5.69 Å². The zero-order valence-corrected chi connectivity index (χ0v) is 13.5. The van der Waals surface area contributed by atoms with Gasteiger partial charge in [-0.15, -0.1) is 0 Å². The summed E-state index contributed by atoms with van der Waals surface area (Å²) in [5.41, 5.74) is 4.56. The highest BCUT2D eigenvalue weighted by Gasteiger charge is 2.07. The minimum atomic E-state index is 0.135. The molecule has 0 radical (unpaired) electrons. The number of anilines is 1. The molecule has 6 heteroatoms. The number of halogens is 2. The second-order valence-electron chi connectivity index (χ2n) is 3.93. The molecule has 0 atom stereocenters. The van der Waals surface area contributed by atoms with E-state index in [0.29, 0.717) is 14.3 Å². The lowest BCUT2D eigenvalue weighted by Gasteiger charge is -2.06. The SMILES string of the molecule is COc1cc(/C=N/Nc2ccc(Cl)cc2)cc(I)c1O. The summed E-state index contributed by atoms with van der Waals surface area (Å²) in [6.45, 7) is 0. The molecule has 20 heavy (non-hydrogen) atoms. The van der Waals surface area contributed by atoms with Gasteiger partial charge in [-0.2, -0.15) is 5.10 Å². The van der Waals surface area contributed by atoms with E-state index >= 15 is 0 Å². The Bertz CT molecular complexity index is 630. The molecular formula is C14H12ClIN2O2. The van der Waals surface area contributed by atoms with Crippen LogP contribution in [0.15, 0.2) is 41.5 Å². The van der Waals surface area contributed by atoms with E-state index in [0.717, 1.165) is 11.3 Å². The molecule has 104 valence electrons. The van der Waals surface area contributed by atoms with Crippen molar-refractivity contribution in [1.82, 2.24) is 0 Å². The first-order chi connectivity index (χ1) is 9.60. The predicted molar refractivity (Wildman–Crippen MR) is 90.0 cm³/mol. The topological polar surface area (TPSA) is 53.8 Å². The third-order valence-corrected chi connectivity index (χ3v) is 3.60. The van der Waals surface area contributed by atoms with Gasteiger partial charge < -0.3 is 9.84 Å². The number of hydrogen-bond donors (Lipinski definition) is 2. The second-order valence-corrected chi connectivity index (χ2v) is 5.53. The Morgan fingerprint density at radius 1 is 1.30 bits per heavy atom. The number of ether oxygens (including phenoxy) is 1. The van der Waals surface area contributed by atoms with Crippen molar-refractivity contribution in [1.29, 1.82) is 0 Å². The maximum atomic E-state index is 9.75. The maximum Gasteiger partial charge on any atom is 0.171 e. The van der Waals surface area contributed by atoms with Crippen molar-refractivity contribution in [2.75, 3.05) is 12.5 Å². The van der Waals surface area contributed by atoms with Crippen LogP contribution in [0.3, 0.4) is 0 Å². The Morgan fingerprint density at radius 2 is 2.00 bits per heavy atom. The fraction of sp³-hybridized carbons (Fsp3) is 0.0714. The molecule has 4 nitrogen and oxygen atoms in total. The quantitative estimate of drug-likeness (QED) is 0.460. The first-order valence-corrected chi connectivity index (χ1v) is 7.17. The molecule has 0 aliphatic carbocycles. The minimum Gasteiger partial charge on any atom is -0.504 e. The molecule has 0 amide bonds. The van der Waals surface area contributed by atoms with Crippen molar-refractivity contribution in [3.63, 3.8) is 0 Å². The summed E-state index contributed by atoms with van der Waals surface area (Å²) in [4.78, 5) is 0. The van der Waals surface area contributed by atoms with Crippen molar-refractivity contribution in [3.05, 3.63) is 50.6 Å². The second kappa shape index (κ2) is 6.81. The molecule has 0 saturated carbocycles. The van der Waals surface area contributed by atoms with Crippen LogP contribution in [0.25, 0.3) is 0 Å². The summed E-state index contributed by atoms with van der Waals surface area (Å²) >= 11 is 7.84. The van der Waals surface area contributed by atoms with Crippen molar-refractivity contribution in [2.45, 2.75) is 0 Å². The Morgan fingerprint density at radius 3 is 2.65 bits per heavy atom. The number of hydrogen-bond acceptors (Lipinski definition) is 4. The van der Waals surface area contributed by atoms with Crippen LogP contribution in [0.2, 0.25) is 5.02 Å². The highest BCUT2D eigenvalue weighted by molar-refractivity contribution is 14.1. The molecular weight excluding hydrogens is 391 g/mol. The fourth-order valence-electron chi connectivity index (χ4n) is 1.53.